The number of hydrogen-bond acceptors (Lipinski definition) is 2. The minimum atomic E-state index is -4.12. The zero-order valence-corrected chi connectivity index (χ0v) is 12.4. The topological polar surface area (TPSA) is 16.1 Å². The van der Waals surface area contributed by atoms with Gasteiger partial charge >= 0.3 is 6.18 Å². The fourth-order valence-corrected chi connectivity index (χ4v) is 2.12. The summed E-state index contributed by atoms with van der Waals surface area (Å²) in [6.45, 7) is 6.23. The minimum Gasteiger partial charge on any atom is -0.290 e. The molecule has 0 spiro atoms. The van der Waals surface area contributed by atoms with Gasteiger partial charge in [0, 0.05) is 31.4 Å². The summed E-state index contributed by atoms with van der Waals surface area (Å²) in [6, 6.07) is 1.98. The summed E-state index contributed by atoms with van der Waals surface area (Å²) in [5, 5.41) is 0. The molecule has 2 rings (SSSR count). The number of alkyl halides is 3. The van der Waals surface area contributed by atoms with E-state index in [0.29, 0.717) is 19.5 Å². The molecule has 114 valence electrons. The molecule has 0 N–H and O–H groups in total. The molecule has 1 aliphatic rings. The van der Waals surface area contributed by atoms with Crippen molar-refractivity contribution in [3.8, 4) is 0 Å². The van der Waals surface area contributed by atoms with Crippen molar-refractivity contribution in [2.75, 3.05) is 13.1 Å². The van der Waals surface area contributed by atoms with Gasteiger partial charge in [0.05, 0.1) is 6.54 Å². The maximum Gasteiger partial charge on any atom is 0.401 e. The Morgan fingerprint density at radius 2 is 1.90 bits per heavy atom. The quantitative estimate of drug-likeness (QED) is 0.818. The lowest BCUT2D eigenvalue weighted by atomic mass is 10.0. The summed E-state index contributed by atoms with van der Waals surface area (Å²) < 4.78 is 36.9. The second kappa shape index (κ2) is 7.62. The molecule has 2 heterocycles. The van der Waals surface area contributed by atoms with Gasteiger partial charge < -0.3 is 0 Å². The Labute approximate surface area is 119 Å². The summed E-state index contributed by atoms with van der Waals surface area (Å²) in [5.41, 5.74) is 2.97. The van der Waals surface area contributed by atoms with Crippen molar-refractivity contribution in [1.82, 2.24) is 9.88 Å². The van der Waals surface area contributed by atoms with Crippen LogP contribution in [0, 0.1) is 0 Å². The molecular formula is C15H23F3N2. The van der Waals surface area contributed by atoms with Crippen LogP contribution < -0.4 is 0 Å². The van der Waals surface area contributed by atoms with Crippen molar-refractivity contribution in [1.29, 1.82) is 0 Å². The third-order valence-corrected chi connectivity index (χ3v) is 2.99. The molecule has 1 aromatic rings. The van der Waals surface area contributed by atoms with E-state index >= 15 is 0 Å². The zero-order valence-electron chi connectivity index (χ0n) is 12.4. The van der Waals surface area contributed by atoms with Crippen LogP contribution in [0.4, 0.5) is 13.2 Å². The highest BCUT2D eigenvalue weighted by atomic mass is 19.4. The molecular weight excluding hydrogens is 265 g/mol. The van der Waals surface area contributed by atoms with E-state index in [1.165, 1.54) is 11.3 Å². The van der Waals surface area contributed by atoms with Gasteiger partial charge in [-0.25, -0.2) is 0 Å². The maximum absolute atomic E-state index is 12.3. The van der Waals surface area contributed by atoms with Crippen LogP contribution in [0.5, 0.6) is 0 Å². The fraction of sp³-hybridized carbons (Fsp3) is 0.667. The van der Waals surface area contributed by atoms with Crippen molar-refractivity contribution < 1.29 is 13.2 Å². The Balaban J connectivity index is 0.000000612. The SMILES string of the molecule is CCC.CCc1cnc2c(c1)CN(CC(F)(F)F)CC2. The first kappa shape index (κ1) is 17.0. The fourth-order valence-electron chi connectivity index (χ4n) is 2.12. The summed E-state index contributed by atoms with van der Waals surface area (Å²) in [6.07, 6.45) is 0.417. The summed E-state index contributed by atoms with van der Waals surface area (Å²) in [7, 11) is 0. The molecule has 0 aromatic carbocycles. The number of hydrogen-bond donors (Lipinski definition) is 0. The lowest BCUT2D eigenvalue weighted by Crippen LogP contribution is -2.38. The van der Waals surface area contributed by atoms with Crippen molar-refractivity contribution >= 4 is 0 Å². The van der Waals surface area contributed by atoms with Crippen LogP contribution >= 0.6 is 0 Å². The average Bonchev–Trinajstić information content (AvgIpc) is 2.37. The first-order valence-electron chi connectivity index (χ1n) is 7.15. The number of aryl methyl sites for hydroxylation is 1. The molecule has 0 fully saturated rings. The second-order valence-electron chi connectivity index (χ2n) is 5.09. The van der Waals surface area contributed by atoms with Crippen LogP contribution in [0.2, 0.25) is 0 Å². The summed E-state index contributed by atoms with van der Waals surface area (Å²) >= 11 is 0. The van der Waals surface area contributed by atoms with Gasteiger partial charge in [-0.15, -0.1) is 0 Å². The van der Waals surface area contributed by atoms with Gasteiger partial charge in [-0.05, 0) is 17.5 Å². The molecule has 0 aliphatic carbocycles. The smallest absolute Gasteiger partial charge is 0.290 e. The van der Waals surface area contributed by atoms with Crippen molar-refractivity contribution in [3.63, 3.8) is 0 Å². The van der Waals surface area contributed by atoms with Crippen molar-refractivity contribution in [2.45, 2.75) is 52.8 Å². The molecule has 20 heavy (non-hydrogen) atoms. The lowest BCUT2D eigenvalue weighted by Gasteiger charge is -2.28. The van der Waals surface area contributed by atoms with Crippen LogP contribution in [0.3, 0.4) is 0 Å². The standard InChI is InChI=1S/C12H15F3N2.C3H8/c1-2-9-5-10-7-17(8-12(13,14)15)4-3-11(10)16-6-9;1-3-2/h5-6H,2-4,7-8H2,1H3;3H2,1-2H3. The van der Waals surface area contributed by atoms with Crippen LogP contribution in [-0.4, -0.2) is 29.1 Å². The lowest BCUT2D eigenvalue weighted by molar-refractivity contribution is -0.147. The third-order valence-electron chi connectivity index (χ3n) is 2.99. The van der Waals surface area contributed by atoms with Crippen LogP contribution in [0.15, 0.2) is 12.3 Å². The average molecular weight is 288 g/mol. The Morgan fingerprint density at radius 1 is 1.25 bits per heavy atom. The van der Waals surface area contributed by atoms with Crippen LogP contribution in [0.25, 0.3) is 0 Å². The first-order chi connectivity index (χ1) is 9.39. The molecule has 0 atom stereocenters. The summed E-state index contributed by atoms with van der Waals surface area (Å²) in [4.78, 5) is 5.75. The number of nitrogens with zero attached hydrogens (tertiary/aromatic N) is 2. The molecule has 5 heteroatoms. The number of halogens is 3. The predicted octanol–water partition coefficient (Wildman–Crippen LogP) is 3.98. The van der Waals surface area contributed by atoms with Gasteiger partial charge in [-0.3, -0.25) is 9.88 Å². The molecule has 0 radical (unpaired) electrons. The third kappa shape index (κ3) is 5.49. The Morgan fingerprint density at radius 3 is 2.45 bits per heavy atom. The molecule has 1 aliphatic heterocycles. The van der Waals surface area contributed by atoms with E-state index in [-0.39, 0.29) is 0 Å². The van der Waals surface area contributed by atoms with E-state index in [1.807, 2.05) is 19.2 Å². The summed E-state index contributed by atoms with van der Waals surface area (Å²) in [5.74, 6) is 0. The molecule has 0 amide bonds. The minimum absolute atomic E-state index is 0.357. The van der Waals surface area contributed by atoms with Crippen molar-refractivity contribution in [3.05, 3.63) is 29.1 Å². The Hall–Kier alpha value is -1.10. The Kier molecular flexibility index (Phi) is 6.46. The van der Waals surface area contributed by atoms with Gasteiger partial charge in [0.2, 0.25) is 0 Å². The molecule has 0 unspecified atom stereocenters. The van der Waals surface area contributed by atoms with E-state index in [4.69, 9.17) is 0 Å². The van der Waals surface area contributed by atoms with E-state index in [0.717, 1.165) is 23.2 Å². The molecule has 0 saturated carbocycles. The van der Waals surface area contributed by atoms with Crippen LogP contribution in [0.1, 0.15) is 44.0 Å². The van der Waals surface area contributed by atoms with Crippen LogP contribution in [-0.2, 0) is 19.4 Å². The molecule has 0 bridgehead atoms. The van der Waals surface area contributed by atoms with E-state index < -0.39 is 12.7 Å². The normalized spacial score (nSPS) is 15.3. The molecule has 0 saturated heterocycles. The highest BCUT2D eigenvalue weighted by molar-refractivity contribution is 5.27. The zero-order chi connectivity index (χ0) is 15.2. The Bertz CT molecular complexity index is 416. The highest BCUT2D eigenvalue weighted by Gasteiger charge is 2.32. The number of pyridine rings is 1. The van der Waals surface area contributed by atoms with E-state index in [1.54, 1.807) is 0 Å². The second-order valence-corrected chi connectivity index (χ2v) is 5.09. The molecule has 1 aromatic heterocycles. The number of aromatic nitrogens is 1. The van der Waals surface area contributed by atoms with E-state index in [9.17, 15) is 13.2 Å². The van der Waals surface area contributed by atoms with E-state index in [2.05, 4.69) is 18.8 Å². The first-order valence-corrected chi connectivity index (χ1v) is 7.15. The van der Waals surface area contributed by atoms with Crippen molar-refractivity contribution in [2.24, 2.45) is 0 Å². The largest absolute Gasteiger partial charge is 0.401 e. The van der Waals surface area contributed by atoms with Gasteiger partial charge in [0.15, 0.2) is 0 Å². The molecule has 2 nitrogen and oxygen atoms in total. The highest BCUT2D eigenvalue weighted by Crippen LogP contribution is 2.23. The van der Waals surface area contributed by atoms with Gasteiger partial charge in [0.25, 0.3) is 0 Å². The van der Waals surface area contributed by atoms with Gasteiger partial charge in [-0.2, -0.15) is 13.2 Å². The monoisotopic (exact) mass is 288 g/mol. The van der Waals surface area contributed by atoms with Gasteiger partial charge in [-0.1, -0.05) is 33.3 Å². The number of fused-ring (bicyclic) bond motifs is 1. The predicted molar refractivity (Wildman–Crippen MR) is 74.6 cm³/mol. The van der Waals surface area contributed by atoms with Gasteiger partial charge in [0.1, 0.15) is 0 Å². The number of rotatable bonds is 2. The maximum atomic E-state index is 12.3.